The highest BCUT2D eigenvalue weighted by molar-refractivity contribution is 5.15. The zero-order chi connectivity index (χ0) is 18.2. The maximum Gasteiger partial charge on any atom is 0.108 e. The molecule has 2 aromatic carbocycles. The van der Waals surface area contributed by atoms with Crippen LogP contribution in [0.5, 0.6) is 0 Å². The Morgan fingerprint density at radius 3 is 2.19 bits per heavy atom. The van der Waals surface area contributed by atoms with Gasteiger partial charge in [0.15, 0.2) is 0 Å². The van der Waals surface area contributed by atoms with Crippen LogP contribution in [0, 0.1) is 0 Å². The first kappa shape index (κ1) is 19.0. The van der Waals surface area contributed by atoms with Crippen molar-refractivity contribution in [2.75, 3.05) is 13.2 Å². The van der Waals surface area contributed by atoms with Crippen LogP contribution in [0.1, 0.15) is 17.5 Å². The van der Waals surface area contributed by atoms with Gasteiger partial charge in [0, 0.05) is 12.6 Å². The van der Waals surface area contributed by atoms with Crippen LogP contribution in [-0.2, 0) is 22.6 Å². The molecule has 3 N–H and O–H groups in total. The number of rotatable bonds is 9. The van der Waals surface area contributed by atoms with Crippen molar-refractivity contribution < 1.29 is 19.7 Å². The van der Waals surface area contributed by atoms with Crippen molar-refractivity contribution in [3.63, 3.8) is 0 Å². The van der Waals surface area contributed by atoms with Crippen LogP contribution in [0.2, 0.25) is 0 Å². The lowest BCUT2D eigenvalue weighted by Gasteiger charge is -2.18. The average Bonchev–Trinajstić information content (AvgIpc) is 2.96. The summed E-state index contributed by atoms with van der Waals surface area (Å²) in [6.45, 7) is 2.05. The monoisotopic (exact) mass is 357 g/mol. The van der Waals surface area contributed by atoms with Crippen LogP contribution in [0.3, 0.4) is 0 Å². The highest BCUT2D eigenvalue weighted by Gasteiger charge is 2.41. The Balaban J connectivity index is 1.36. The third kappa shape index (κ3) is 5.37. The van der Waals surface area contributed by atoms with Gasteiger partial charge in [-0.25, -0.2) is 0 Å². The molecule has 0 saturated heterocycles. The molecule has 0 radical (unpaired) electrons. The maximum atomic E-state index is 10.2. The predicted octanol–water partition coefficient (Wildman–Crippen LogP) is 1.87. The fraction of sp³-hybridized carbons (Fsp3) is 0.429. The summed E-state index contributed by atoms with van der Waals surface area (Å²) in [6.07, 6.45) is -1.50. The highest BCUT2D eigenvalue weighted by atomic mass is 16.5. The number of hydrogen-bond acceptors (Lipinski definition) is 5. The third-order valence-electron chi connectivity index (χ3n) is 4.71. The first-order valence-electron chi connectivity index (χ1n) is 9.11. The molecular formula is C21H27NO4. The summed E-state index contributed by atoms with van der Waals surface area (Å²) in [5.41, 5.74) is 2.27. The maximum absolute atomic E-state index is 10.2. The summed E-state index contributed by atoms with van der Waals surface area (Å²) >= 11 is 0. The Morgan fingerprint density at radius 2 is 1.50 bits per heavy atom. The summed E-state index contributed by atoms with van der Waals surface area (Å²) in [5.74, 6) is 0. The van der Waals surface area contributed by atoms with E-state index in [1.807, 2.05) is 60.7 Å². The molecular weight excluding hydrogens is 330 g/mol. The number of aliphatic hydroxyl groups is 2. The third-order valence-corrected chi connectivity index (χ3v) is 4.71. The second kappa shape index (κ2) is 9.80. The van der Waals surface area contributed by atoms with E-state index >= 15 is 0 Å². The van der Waals surface area contributed by atoms with E-state index in [0.717, 1.165) is 11.1 Å². The van der Waals surface area contributed by atoms with Crippen molar-refractivity contribution in [2.45, 2.75) is 43.9 Å². The molecule has 4 atom stereocenters. The van der Waals surface area contributed by atoms with Crippen LogP contribution < -0.4 is 5.32 Å². The van der Waals surface area contributed by atoms with E-state index in [4.69, 9.17) is 9.47 Å². The van der Waals surface area contributed by atoms with Gasteiger partial charge in [-0.05, 0) is 17.5 Å². The van der Waals surface area contributed by atoms with Crippen LogP contribution in [0.25, 0.3) is 0 Å². The first-order valence-corrected chi connectivity index (χ1v) is 9.11. The van der Waals surface area contributed by atoms with Gasteiger partial charge in [-0.1, -0.05) is 60.7 Å². The fourth-order valence-corrected chi connectivity index (χ4v) is 3.23. The minimum atomic E-state index is -0.877. The summed E-state index contributed by atoms with van der Waals surface area (Å²) < 4.78 is 11.3. The van der Waals surface area contributed by atoms with Crippen LogP contribution in [0.4, 0.5) is 0 Å². The van der Waals surface area contributed by atoms with Crippen molar-refractivity contribution in [3.8, 4) is 0 Å². The minimum Gasteiger partial charge on any atom is -0.389 e. The molecule has 1 aliphatic rings. The van der Waals surface area contributed by atoms with Crippen LogP contribution in [-0.4, -0.2) is 47.8 Å². The van der Waals surface area contributed by atoms with E-state index in [0.29, 0.717) is 32.8 Å². The van der Waals surface area contributed by atoms with Crippen molar-refractivity contribution in [2.24, 2.45) is 0 Å². The normalized spacial score (nSPS) is 25.5. The fourth-order valence-electron chi connectivity index (χ4n) is 3.23. The zero-order valence-electron chi connectivity index (χ0n) is 14.8. The van der Waals surface area contributed by atoms with Gasteiger partial charge in [-0.3, -0.25) is 0 Å². The Kier molecular flexibility index (Phi) is 7.17. The molecule has 0 aliphatic heterocycles. The van der Waals surface area contributed by atoms with E-state index in [1.54, 1.807) is 0 Å². The summed E-state index contributed by atoms with van der Waals surface area (Å²) in [4.78, 5) is 0. The molecule has 26 heavy (non-hydrogen) atoms. The minimum absolute atomic E-state index is 0.180. The van der Waals surface area contributed by atoms with Gasteiger partial charge in [-0.2, -0.15) is 0 Å². The lowest BCUT2D eigenvalue weighted by molar-refractivity contribution is -0.0691. The second-order valence-electron chi connectivity index (χ2n) is 6.64. The molecule has 1 aliphatic carbocycles. The van der Waals surface area contributed by atoms with Crippen molar-refractivity contribution in [1.82, 2.24) is 5.32 Å². The molecule has 0 bridgehead atoms. The second-order valence-corrected chi connectivity index (χ2v) is 6.64. The number of ether oxygens (including phenoxy) is 2. The van der Waals surface area contributed by atoms with Gasteiger partial charge >= 0.3 is 0 Å². The molecule has 0 spiro atoms. The summed E-state index contributed by atoms with van der Waals surface area (Å²) in [5, 5.41) is 23.7. The Labute approximate surface area is 154 Å². The topological polar surface area (TPSA) is 71.0 Å². The Morgan fingerprint density at radius 1 is 0.846 bits per heavy atom. The molecule has 0 heterocycles. The molecule has 1 fully saturated rings. The van der Waals surface area contributed by atoms with E-state index < -0.39 is 12.2 Å². The van der Waals surface area contributed by atoms with Crippen LogP contribution in [0.15, 0.2) is 60.7 Å². The van der Waals surface area contributed by atoms with E-state index in [9.17, 15) is 10.2 Å². The lowest BCUT2D eigenvalue weighted by Crippen LogP contribution is -2.40. The zero-order valence-corrected chi connectivity index (χ0v) is 14.8. The molecule has 2 aromatic rings. The Hall–Kier alpha value is -1.76. The largest absolute Gasteiger partial charge is 0.389 e. The number of nitrogens with one attached hydrogen (secondary N) is 1. The van der Waals surface area contributed by atoms with Gasteiger partial charge in [0.1, 0.15) is 6.10 Å². The predicted molar refractivity (Wildman–Crippen MR) is 99.5 cm³/mol. The van der Waals surface area contributed by atoms with Gasteiger partial charge in [-0.15, -0.1) is 0 Å². The molecule has 0 amide bonds. The van der Waals surface area contributed by atoms with E-state index in [1.165, 1.54) is 0 Å². The lowest BCUT2D eigenvalue weighted by atomic mass is 10.1. The van der Waals surface area contributed by atoms with Crippen LogP contribution >= 0.6 is 0 Å². The van der Waals surface area contributed by atoms with E-state index in [2.05, 4.69) is 5.32 Å². The number of hydrogen-bond donors (Lipinski definition) is 3. The van der Waals surface area contributed by atoms with Crippen molar-refractivity contribution in [1.29, 1.82) is 0 Å². The van der Waals surface area contributed by atoms with E-state index in [-0.39, 0.29) is 12.1 Å². The summed E-state index contributed by atoms with van der Waals surface area (Å²) in [6, 6.07) is 19.8. The number of aliphatic hydroxyl groups excluding tert-OH is 2. The van der Waals surface area contributed by atoms with Gasteiger partial charge in [0.05, 0.1) is 32.0 Å². The SMILES string of the molecule is O[C@@H]1[C@H](O)[C@@H](OCCOCc2ccccc2)C[C@H]1NCc1ccccc1. The van der Waals surface area contributed by atoms with Gasteiger partial charge in [0.2, 0.25) is 0 Å². The molecule has 5 heteroatoms. The highest BCUT2D eigenvalue weighted by Crippen LogP contribution is 2.24. The average molecular weight is 357 g/mol. The molecule has 1 saturated carbocycles. The first-order chi connectivity index (χ1) is 12.7. The molecule has 0 unspecified atom stereocenters. The van der Waals surface area contributed by atoms with Crippen molar-refractivity contribution in [3.05, 3.63) is 71.8 Å². The van der Waals surface area contributed by atoms with Crippen molar-refractivity contribution >= 4 is 0 Å². The van der Waals surface area contributed by atoms with Gasteiger partial charge < -0.3 is 25.0 Å². The Bertz CT molecular complexity index is 637. The smallest absolute Gasteiger partial charge is 0.108 e. The van der Waals surface area contributed by atoms with Gasteiger partial charge in [0.25, 0.3) is 0 Å². The molecule has 140 valence electrons. The summed E-state index contributed by atoms with van der Waals surface area (Å²) in [7, 11) is 0. The molecule has 0 aromatic heterocycles. The quantitative estimate of drug-likeness (QED) is 0.598. The standard InChI is InChI=1S/C21H27NO4/c23-20-18(22-14-16-7-3-1-4-8-16)13-19(21(20)24)26-12-11-25-15-17-9-5-2-6-10-17/h1-10,18-24H,11-15H2/t18-,19+,20+,21-/m1/s1. The number of benzene rings is 2. The molecule has 3 rings (SSSR count). The molecule has 5 nitrogen and oxygen atoms in total.